The zero-order valence-electron chi connectivity index (χ0n) is 17.2. The van der Waals surface area contributed by atoms with Gasteiger partial charge in [-0.15, -0.1) is 0 Å². The Labute approximate surface area is 180 Å². The largest absolute Gasteiger partial charge is 0.383 e. The lowest BCUT2D eigenvalue weighted by molar-refractivity contribution is -0.107. The zero-order valence-corrected chi connectivity index (χ0v) is 17.2. The minimum Gasteiger partial charge on any atom is -0.383 e. The van der Waals surface area contributed by atoms with Crippen molar-refractivity contribution in [2.75, 3.05) is 37.0 Å². The number of rotatable bonds is 10. The fourth-order valence-electron chi connectivity index (χ4n) is 3.20. The molecule has 0 aliphatic rings. The number of anilines is 2. The Morgan fingerprint density at radius 1 is 1.19 bits per heavy atom. The number of benzene rings is 2. The molecule has 0 aliphatic carbocycles. The third kappa shape index (κ3) is 5.65. The van der Waals surface area contributed by atoms with Gasteiger partial charge in [-0.3, -0.25) is 4.79 Å². The summed E-state index contributed by atoms with van der Waals surface area (Å²) in [6.07, 6.45) is 1.31. The summed E-state index contributed by atoms with van der Waals surface area (Å²) in [4.78, 5) is 17.9. The number of hydrogen-bond donors (Lipinski definition) is 1. The minimum absolute atomic E-state index is 0.280. The highest BCUT2D eigenvalue weighted by Crippen LogP contribution is 2.29. The summed E-state index contributed by atoms with van der Waals surface area (Å²) in [5.41, 5.74) is 3.29. The van der Waals surface area contributed by atoms with Gasteiger partial charge < -0.3 is 15.0 Å². The van der Waals surface area contributed by atoms with Crippen molar-refractivity contribution in [2.45, 2.75) is 6.42 Å². The fourth-order valence-corrected chi connectivity index (χ4v) is 3.20. The highest BCUT2D eigenvalue weighted by atomic mass is 19.1. The van der Waals surface area contributed by atoms with Crippen molar-refractivity contribution in [3.8, 4) is 17.3 Å². The summed E-state index contributed by atoms with van der Waals surface area (Å²) in [7, 11) is 1.57. The normalized spacial score (nSPS) is 10.4. The highest BCUT2D eigenvalue weighted by Gasteiger charge is 2.15. The van der Waals surface area contributed by atoms with Crippen molar-refractivity contribution in [2.24, 2.45) is 0 Å². The Hall–Kier alpha value is -3.76. The molecule has 1 heterocycles. The molecule has 1 amide bonds. The number of halogens is 1. The van der Waals surface area contributed by atoms with E-state index in [2.05, 4.69) is 11.4 Å². The Bertz CT molecular complexity index is 1080. The van der Waals surface area contributed by atoms with E-state index in [9.17, 15) is 14.4 Å². The van der Waals surface area contributed by atoms with Gasteiger partial charge in [-0.2, -0.15) is 5.26 Å². The number of carbonyl (C=O) groups excluding carboxylic acids is 1. The Morgan fingerprint density at radius 3 is 2.77 bits per heavy atom. The van der Waals surface area contributed by atoms with Crippen LogP contribution >= 0.6 is 0 Å². The third-order valence-electron chi connectivity index (χ3n) is 4.77. The topological polar surface area (TPSA) is 78.2 Å². The van der Waals surface area contributed by atoms with Gasteiger partial charge in [-0.25, -0.2) is 9.37 Å². The van der Waals surface area contributed by atoms with E-state index < -0.39 is 0 Å². The van der Waals surface area contributed by atoms with Crippen LogP contribution in [0.2, 0.25) is 0 Å². The van der Waals surface area contributed by atoms with Crippen LogP contribution in [0.4, 0.5) is 15.9 Å². The SMILES string of the molecule is COCCN(C=O)c1ccc(-c2ccccc2C#N)nc1NCCc1cccc(F)c1. The van der Waals surface area contributed by atoms with Crippen molar-refractivity contribution >= 4 is 17.9 Å². The standard InChI is InChI=1S/C24H23FN4O2/c1-31-14-13-29(17-30)23-10-9-22(21-8-3-2-6-19(21)16-26)28-24(23)27-12-11-18-5-4-7-20(25)15-18/h2-10,15,17H,11-14H2,1H3,(H,27,28). The second-order valence-corrected chi connectivity index (χ2v) is 6.82. The molecular weight excluding hydrogens is 395 g/mol. The number of methoxy groups -OCH3 is 1. The Kier molecular flexibility index (Phi) is 7.68. The number of nitrogens with one attached hydrogen (secondary N) is 1. The lowest BCUT2D eigenvalue weighted by Gasteiger charge is -2.21. The van der Waals surface area contributed by atoms with E-state index >= 15 is 0 Å². The summed E-state index contributed by atoms with van der Waals surface area (Å²) >= 11 is 0. The van der Waals surface area contributed by atoms with Crippen LogP contribution in [0.5, 0.6) is 0 Å². The molecule has 0 saturated heterocycles. The molecule has 3 aromatic rings. The van der Waals surface area contributed by atoms with Gasteiger partial charge in [-0.1, -0.05) is 30.3 Å². The van der Waals surface area contributed by atoms with Crippen LogP contribution in [0.3, 0.4) is 0 Å². The molecule has 0 saturated carbocycles. The smallest absolute Gasteiger partial charge is 0.214 e. The summed E-state index contributed by atoms with van der Waals surface area (Å²) in [5.74, 6) is 0.225. The number of hydrogen-bond acceptors (Lipinski definition) is 5. The van der Waals surface area contributed by atoms with Gasteiger partial charge in [-0.05, 0) is 42.3 Å². The monoisotopic (exact) mass is 418 g/mol. The molecule has 0 atom stereocenters. The Balaban J connectivity index is 1.91. The second-order valence-electron chi connectivity index (χ2n) is 6.82. The van der Waals surface area contributed by atoms with E-state index in [0.29, 0.717) is 54.4 Å². The molecular formula is C24H23FN4O2. The molecule has 0 spiro atoms. The molecule has 0 radical (unpaired) electrons. The first-order chi connectivity index (χ1) is 15.2. The summed E-state index contributed by atoms with van der Waals surface area (Å²) in [6, 6.07) is 19.4. The molecule has 1 N–H and O–H groups in total. The second kappa shape index (κ2) is 10.9. The number of pyridine rings is 1. The van der Waals surface area contributed by atoms with Crippen molar-refractivity contribution in [3.05, 3.63) is 77.6 Å². The van der Waals surface area contributed by atoms with Crippen molar-refractivity contribution in [3.63, 3.8) is 0 Å². The maximum atomic E-state index is 13.4. The first kappa shape index (κ1) is 21.9. The van der Waals surface area contributed by atoms with Crippen molar-refractivity contribution in [1.29, 1.82) is 5.26 Å². The number of nitrogens with zero attached hydrogens (tertiary/aromatic N) is 3. The molecule has 0 bridgehead atoms. The zero-order chi connectivity index (χ0) is 22.1. The molecule has 6 nitrogen and oxygen atoms in total. The van der Waals surface area contributed by atoms with Crippen LogP contribution in [-0.4, -0.2) is 38.2 Å². The average Bonchev–Trinajstić information content (AvgIpc) is 2.80. The maximum absolute atomic E-state index is 13.4. The molecule has 0 fully saturated rings. The van der Waals surface area contributed by atoms with E-state index in [1.807, 2.05) is 18.2 Å². The molecule has 2 aromatic carbocycles. The molecule has 1 aromatic heterocycles. The number of nitriles is 1. The molecule has 0 aliphatic heterocycles. The molecule has 3 rings (SSSR count). The van der Waals surface area contributed by atoms with Crippen LogP contribution in [0.25, 0.3) is 11.3 Å². The van der Waals surface area contributed by atoms with Gasteiger partial charge in [0.2, 0.25) is 6.41 Å². The summed E-state index contributed by atoms with van der Waals surface area (Å²) in [6.45, 7) is 1.23. The molecule has 158 valence electrons. The molecule has 31 heavy (non-hydrogen) atoms. The van der Waals surface area contributed by atoms with E-state index in [1.165, 1.54) is 17.0 Å². The number of aromatic nitrogens is 1. The van der Waals surface area contributed by atoms with Crippen molar-refractivity contribution in [1.82, 2.24) is 4.98 Å². The first-order valence-electron chi connectivity index (χ1n) is 9.86. The van der Waals surface area contributed by atoms with Crippen LogP contribution in [0, 0.1) is 17.1 Å². The van der Waals surface area contributed by atoms with Gasteiger partial charge in [0.25, 0.3) is 0 Å². The van der Waals surface area contributed by atoms with Gasteiger partial charge in [0.05, 0.1) is 29.6 Å². The van der Waals surface area contributed by atoms with E-state index in [0.717, 1.165) is 12.0 Å². The Morgan fingerprint density at radius 2 is 2.03 bits per heavy atom. The predicted molar refractivity (Wildman–Crippen MR) is 118 cm³/mol. The summed E-state index contributed by atoms with van der Waals surface area (Å²) < 4.78 is 18.5. The lowest BCUT2D eigenvalue weighted by Crippen LogP contribution is -2.27. The fraction of sp³-hybridized carbons (Fsp3) is 0.208. The highest BCUT2D eigenvalue weighted by molar-refractivity contribution is 5.83. The van der Waals surface area contributed by atoms with Gasteiger partial charge >= 0.3 is 0 Å². The molecule has 7 heteroatoms. The van der Waals surface area contributed by atoms with Gasteiger partial charge in [0.1, 0.15) is 5.82 Å². The predicted octanol–water partition coefficient (Wildman–Crippen LogP) is 4.02. The lowest BCUT2D eigenvalue weighted by atomic mass is 10.0. The van der Waals surface area contributed by atoms with Crippen LogP contribution in [-0.2, 0) is 16.0 Å². The first-order valence-corrected chi connectivity index (χ1v) is 9.86. The van der Waals surface area contributed by atoms with E-state index in [1.54, 1.807) is 37.4 Å². The van der Waals surface area contributed by atoms with Crippen LogP contribution in [0.1, 0.15) is 11.1 Å². The molecule has 0 unspecified atom stereocenters. The minimum atomic E-state index is -0.280. The third-order valence-corrected chi connectivity index (χ3v) is 4.77. The number of ether oxygens (including phenoxy) is 1. The van der Waals surface area contributed by atoms with Gasteiger partial charge in [0.15, 0.2) is 5.82 Å². The summed E-state index contributed by atoms with van der Waals surface area (Å²) in [5, 5.41) is 12.7. The average molecular weight is 418 g/mol. The van der Waals surface area contributed by atoms with Crippen LogP contribution in [0.15, 0.2) is 60.7 Å². The van der Waals surface area contributed by atoms with Crippen LogP contribution < -0.4 is 10.2 Å². The maximum Gasteiger partial charge on any atom is 0.214 e. The number of carbonyl (C=O) groups is 1. The van der Waals surface area contributed by atoms with E-state index in [4.69, 9.17) is 9.72 Å². The van der Waals surface area contributed by atoms with E-state index in [-0.39, 0.29) is 5.82 Å². The quantitative estimate of drug-likeness (QED) is 0.503. The van der Waals surface area contributed by atoms with Gasteiger partial charge in [0, 0.05) is 25.8 Å². The van der Waals surface area contributed by atoms with Crippen molar-refractivity contribution < 1.29 is 13.9 Å². The number of amides is 1.